The molecule has 4 atom stereocenters. The Kier molecular flexibility index (Phi) is 7.07. The van der Waals surface area contributed by atoms with Crippen LogP contribution in [0, 0.1) is 19.6 Å². The summed E-state index contributed by atoms with van der Waals surface area (Å²) in [6.07, 6.45) is -1.58. The number of aliphatic hydroxyl groups excluding tert-OH is 2. The van der Waals surface area contributed by atoms with Crippen LogP contribution >= 0.6 is 22.6 Å². The third-order valence-corrected chi connectivity index (χ3v) is 6.05. The summed E-state index contributed by atoms with van der Waals surface area (Å²) in [5.74, 6) is -0.490. The Bertz CT molecular complexity index is 1130. The molecule has 1 aliphatic heterocycles. The third kappa shape index (κ3) is 4.72. The lowest BCUT2D eigenvalue weighted by Crippen LogP contribution is -2.42. The number of aliphatic hydroxyl groups is 2. The first-order chi connectivity index (χ1) is 15.0. The molecule has 1 aromatic heterocycles. The van der Waals surface area contributed by atoms with Gasteiger partial charge in [-0.25, -0.2) is 4.79 Å². The van der Waals surface area contributed by atoms with E-state index in [1.54, 1.807) is 32.9 Å². The van der Waals surface area contributed by atoms with E-state index in [-0.39, 0.29) is 23.8 Å². The molecule has 3 N–H and O–H groups in total. The maximum absolute atomic E-state index is 12.5. The normalized spacial score (nSPS) is 24.0. The highest BCUT2D eigenvalue weighted by Gasteiger charge is 2.44. The topological polar surface area (TPSA) is 157 Å². The molecular weight excluding hydrogens is 537 g/mol. The number of nitro benzene ring substituents is 1. The summed E-state index contributed by atoms with van der Waals surface area (Å²) in [6, 6.07) is 4.71. The van der Waals surface area contributed by atoms with Crippen molar-refractivity contribution in [1.82, 2.24) is 9.55 Å². The summed E-state index contributed by atoms with van der Waals surface area (Å²) < 4.78 is 13.4. The highest BCUT2D eigenvalue weighted by atomic mass is 127. The molecule has 0 bridgehead atoms. The van der Waals surface area contributed by atoms with Gasteiger partial charge in [0.05, 0.1) is 29.4 Å². The van der Waals surface area contributed by atoms with Gasteiger partial charge in [0.15, 0.2) is 0 Å². The molecule has 0 radical (unpaired) electrons. The van der Waals surface area contributed by atoms with Crippen molar-refractivity contribution in [1.29, 1.82) is 0 Å². The molecule has 1 saturated heterocycles. The van der Waals surface area contributed by atoms with Crippen LogP contribution in [0.2, 0.25) is 0 Å². The summed E-state index contributed by atoms with van der Waals surface area (Å²) >= 11 is 1.97. The second-order valence-electron chi connectivity index (χ2n) is 8.15. The predicted octanol–water partition coefficient (Wildman–Crippen LogP) is 1.64. The Morgan fingerprint density at radius 2 is 2.12 bits per heavy atom. The first-order valence-electron chi connectivity index (χ1n) is 9.90. The van der Waals surface area contributed by atoms with Crippen molar-refractivity contribution in [3.8, 4) is 5.75 Å². The quantitative estimate of drug-likeness (QED) is 0.262. The molecule has 0 aliphatic carbocycles. The zero-order valence-corrected chi connectivity index (χ0v) is 19.8. The number of nitrogens with one attached hydrogen (secondary N) is 1. The van der Waals surface area contributed by atoms with E-state index >= 15 is 0 Å². The van der Waals surface area contributed by atoms with Crippen molar-refractivity contribution in [2.24, 2.45) is 5.92 Å². The fourth-order valence-corrected chi connectivity index (χ4v) is 4.26. The number of ether oxygens (including phenoxy) is 2. The third-order valence-electron chi connectivity index (χ3n) is 5.38. The van der Waals surface area contributed by atoms with Crippen LogP contribution < -0.4 is 16.0 Å². The van der Waals surface area contributed by atoms with Crippen LogP contribution in [0.25, 0.3) is 0 Å². The lowest BCUT2D eigenvalue weighted by atomic mass is 9.97. The highest BCUT2D eigenvalue weighted by molar-refractivity contribution is 14.1. The first-order valence-corrected chi connectivity index (χ1v) is 11.0. The Morgan fingerprint density at radius 3 is 2.69 bits per heavy atom. The number of aromatic amines is 1. The fourth-order valence-electron chi connectivity index (χ4n) is 3.79. The van der Waals surface area contributed by atoms with E-state index in [4.69, 9.17) is 9.47 Å². The number of benzene rings is 1. The molecule has 3 rings (SSSR count). The molecule has 2 heterocycles. The van der Waals surface area contributed by atoms with E-state index in [0.29, 0.717) is 9.13 Å². The van der Waals surface area contributed by atoms with Gasteiger partial charge in [-0.3, -0.25) is 24.5 Å². The van der Waals surface area contributed by atoms with Crippen LogP contribution in [-0.2, 0) is 10.5 Å². The maximum Gasteiger partial charge on any atom is 0.330 e. The number of nitro groups is 1. The minimum absolute atomic E-state index is 0.000178. The number of H-pyrrole nitrogens is 1. The molecule has 32 heavy (non-hydrogen) atoms. The lowest BCUT2D eigenvalue weighted by molar-refractivity contribution is -0.386. The van der Waals surface area contributed by atoms with E-state index in [1.807, 2.05) is 22.6 Å². The zero-order valence-electron chi connectivity index (χ0n) is 17.6. The monoisotopic (exact) mass is 561 g/mol. The van der Waals surface area contributed by atoms with E-state index in [0.717, 1.165) is 4.57 Å². The molecule has 2 aromatic rings. The summed E-state index contributed by atoms with van der Waals surface area (Å²) in [4.78, 5) is 38.3. The Balaban J connectivity index is 2.05. The van der Waals surface area contributed by atoms with Crippen LogP contribution in [0.4, 0.5) is 5.69 Å². The molecule has 0 amide bonds. The van der Waals surface area contributed by atoms with Crippen molar-refractivity contribution < 1.29 is 24.6 Å². The van der Waals surface area contributed by atoms with E-state index in [1.165, 1.54) is 12.3 Å². The van der Waals surface area contributed by atoms with Crippen LogP contribution in [0.5, 0.6) is 5.75 Å². The van der Waals surface area contributed by atoms with Gasteiger partial charge < -0.3 is 19.7 Å². The molecule has 0 saturated carbocycles. The minimum Gasteiger partial charge on any atom is -0.478 e. The van der Waals surface area contributed by atoms with Crippen molar-refractivity contribution in [2.45, 2.75) is 51.2 Å². The standard InChI is InChI=1S/C20H24IN3O8/c1-10(2)17(12-5-4-11(21)6-13(12)24(29)30)31-15-8-23(19(28)22-18(15)27)20(3)7-14(26)16(9-25)32-20/h4-6,8,10,14,16-17,25-26H,7,9H2,1-3H3,(H,22,27,28)/t14-,16+,17+,20+/m0/s1. The van der Waals surface area contributed by atoms with E-state index < -0.39 is 46.8 Å². The summed E-state index contributed by atoms with van der Waals surface area (Å²) in [7, 11) is 0. The molecule has 1 aromatic carbocycles. The van der Waals surface area contributed by atoms with Crippen LogP contribution in [-0.4, -0.2) is 43.5 Å². The van der Waals surface area contributed by atoms with Crippen LogP contribution in [0.3, 0.4) is 0 Å². The van der Waals surface area contributed by atoms with Gasteiger partial charge in [0.25, 0.3) is 11.2 Å². The largest absolute Gasteiger partial charge is 0.478 e. The molecular formula is C20H24IN3O8. The summed E-state index contributed by atoms with van der Waals surface area (Å²) in [6.45, 7) is 4.68. The molecule has 11 nitrogen and oxygen atoms in total. The molecule has 174 valence electrons. The number of hydrogen-bond acceptors (Lipinski definition) is 8. The minimum atomic E-state index is -1.34. The maximum atomic E-state index is 12.5. The average Bonchev–Trinajstić information content (AvgIpc) is 3.01. The Labute approximate surface area is 196 Å². The van der Waals surface area contributed by atoms with Gasteiger partial charge in [-0.15, -0.1) is 0 Å². The van der Waals surface area contributed by atoms with Gasteiger partial charge in [0, 0.05) is 16.1 Å². The second-order valence-corrected chi connectivity index (χ2v) is 9.40. The van der Waals surface area contributed by atoms with Gasteiger partial charge in [0.2, 0.25) is 5.75 Å². The van der Waals surface area contributed by atoms with Crippen molar-refractivity contribution in [3.05, 3.63) is 64.5 Å². The summed E-state index contributed by atoms with van der Waals surface area (Å²) in [5, 5.41) is 31.1. The highest BCUT2D eigenvalue weighted by Crippen LogP contribution is 2.36. The predicted molar refractivity (Wildman–Crippen MR) is 122 cm³/mol. The van der Waals surface area contributed by atoms with E-state index in [9.17, 15) is 29.9 Å². The Morgan fingerprint density at radius 1 is 1.44 bits per heavy atom. The smallest absolute Gasteiger partial charge is 0.330 e. The number of halogens is 1. The van der Waals surface area contributed by atoms with Crippen molar-refractivity contribution in [3.63, 3.8) is 0 Å². The van der Waals surface area contributed by atoms with Gasteiger partial charge in [-0.2, -0.15) is 0 Å². The molecule has 12 heteroatoms. The number of nitrogens with zero attached hydrogens (tertiary/aromatic N) is 2. The zero-order chi connectivity index (χ0) is 23.8. The fraction of sp³-hybridized carbons (Fsp3) is 0.500. The lowest BCUT2D eigenvalue weighted by Gasteiger charge is -2.28. The first kappa shape index (κ1) is 24.4. The number of rotatable bonds is 7. The second kappa shape index (κ2) is 9.29. The molecule has 0 spiro atoms. The van der Waals surface area contributed by atoms with E-state index in [2.05, 4.69) is 4.98 Å². The summed E-state index contributed by atoms with van der Waals surface area (Å²) in [5.41, 5.74) is -2.76. The molecule has 1 aliphatic rings. The molecule has 1 fully saturated rings. The van der Waals surface area contributed by atoms with Crippen molar-refractivity contribution >= 4 is 28.3 Å². The van der Waals surface area contributed by atoms with Gasteiger partial charge in [-0.1, -0.05) is 13.8 Å². The van der Waals surface area contributed by atoms with Gasteiger partial charge in [-0.05, 0) is 47.6 Å². The average molecular weight is 561 g/mol. The van der Waals surface area contributed by atoms with Gasteiger partial charge in [0.1, 0.15) is 17.9 Å². The molecule has 0 unspecified atom stereocenters. The van der Waals surface area contributed by atoms with Crippen LogP contribution in [0.15, 0.2) is 34.0 Å². The number of aromatic nitrogens is 2. The van der Waals surface area contributed by atoms with Crippen LogP contribution in [0.1, 0.15) is 38.9 Å². The SMILES string of the molecule is CC(C)[C@@H](Oc1cn([C@@]2(C)C[C@H](O)[C@@H](CO)O2)c(=O)[nH]c1=O)c1ccc(I)cc1[N+](=O)[O-]. The van der Waals surface area contributed by atoms with Crippen molar-refractivity contribution in [2.75, 3.05) is 6.61 Å². The van der Waals surface area contributed by atoms with Gasteiger partial charge >= 0.3 is 5.69 Å². The number of hydrogen-bond donors (Lipinski definition) is 3. The Hall–Kier alpha value is -2.29.